The average molecular weight is 419 g/mol. The second kappa shape index (κ2) is 8.06. The number of hydrogen-bond acceptors (Lipinski definition) is 5. The lowest BCUT2D eigenvalue weighted by Gasteiger charge is -2.15. The van der Waals surface area contributed by atoms with Gasteiger partial charge in [0, 0.05) is 17.6 Å². The van der Waals surface area contributed by atoms with Gasteiger partial charge in [0.25, 0.3) is 0 Å². The number of hydrogen-bond donors (Lipinski definition) is 2. The average Bonchev–Trinajstić information content (AvgIpc) is 3.08. The summed E-state index contributed by atoms with van der Waals surface area (Å²) in [4.78, 5) is 21.0. The number of amides is 1. The molecule has 0 atom stereocenters. The van der Waals surface area contributed by atoms with Crippen LogP contribution in [0, 0.1) is 19.7 Å². The van der Waals surface area contributed by atoms with Gasteiger partial charge in [-0.15, -0.1) is 0 Å². The Bertz CT molecular complexity index is 1280. The topological polar surface area (TPSA) is 95.1 Å². The Morgan fingerprint density at radius 2 is 1.90 bits per heavy atom. The van der Waals surface area contributed by atoms with Crippen molar-refractivity contribution in [1.29, 1.82) is 0 Å². The smallest absolute Gasteiger partial charge is 0.249 e. The number of primary amides is 1. The van der Waals surface area contributed by atoms with E-state index in [4.69, 9.17) is 10.5 Å². The molecule has 0 aliphatic rings. The van der Waals surface area contributed by atoms with Crippen LogP contribution in [0.1, 0.15) is 27.2 Å². The van der Waals surface area contributed by atoms with E-state index in [-0.39, 0.29) is 5.56 Å². The van der Waals surface area contributed by atoms with Crippen LogP contribution in [0.25, 0.3) is 16.9 Å². The number of fused-ring (bicyclic) bond motifs is 1. The van der Waals surface area contributed by atoms with Crippen LogP contribution in [-0.2, 0) is 6.54 Å². The lowest BCUT2D eigenvalue weighted by atomic mass is 10.1. The van der Waals surface area contributed by atoms with Crippen LogP contribution in [-0.4, -0.2) is 27.6 Å². The number of nitrogens with zero attached hydrogens (tertiary/aromatic N) is 3. The molecule has 158 valence electrons. The van der Waals surface area contributed by atoms with E-state index in [1.54, 1.807) is 10.6 Å². The molecule has 8 heteroatoms. The summed E-state index contributed by atoms with van der Waals surface area (Å²) in [6.07, 6.45) is 0. The van der Waals surface area contributed by atoms with Gasteiger partial charge < -0.3 is 15.8 Å². The molecule has 2 aromatic carbocycles. The molecule has 7 nitrogen and oxygen atoms in total. The van der Waals surface area contributed by atoms with Crippen molar-refractivity contribution >= 4 is 22.6 Å². The molecule has 0 aliphatic heterocycles. The predicted octanol–water partition coefficient (Wildman–Crippen LogP) is 3.90. The first kappa shape index (κ1) is 20.3. The second-order valence-corrected chi connectivity index (χ2v) is 7.22. The molecule has 0 radical (unpaired) electrons. The Morgan fingerprint density at radius 3 is 2.58 bits per heavy atom. The quantitative estimate of drug-likeness (QED) is 0.494. The number of nitrogens with two attached hydrogens (primary N) is 1. The number of carbonyl (C=O) groups excluding carboxylic acids is 1. The largest absolute Gasteiger partial charge is 0.481 e. The predicted molar refractivity (Wildman–Crippen MR) is 117 cm³/mol. The Balaban J connectivity index is 1.85. The number of benzene rings is 2. The Kier molecular flexibility index (Phi) is 5.29. The number of nitrogens with one attached hydrogen (secondary N) is 1. The third-order valence-corrected chi connectivity index (χ3v) is 5.12. The van der Waals surface area contributed by atoms with Crippen LogP contribution in [0.5, 0.6) is 5.88 Å². The van der Waals surface area contributed by atoms with Crippen molar-refractivity contribution in [2.45, 2.75) is 20.4 Å². The van der Waals surface area contributed by atoms with E-state index in [1.165, 1.54) is 13.2 Å². The van der Waals surface area contributed by atoms with E-state index in [0.717, 1.165) is 22.9 Å². The number of rotatable bonds is 6. The molecule has 0 spiro atoms. The van der Waals surface area contributed by atoms with Crippen molar-refractivity contribution < 1.29 is 13.9 Å². The van der Waals surface area contributed by atoms with Crippen LogP contribution in [0.2, 0.25) is 0 Å². The number of methoxy groups -OCH3 is 1. The summed E-state index contributed by atoms with van der Waals surface area (Å²) in [6.45, 7) is 4.25. The van der Waals surface area contributed by atoms with Gasteiger partial charge in [0.15, 0.2) is 0 Å². The minimum atomic E-state index is -0.700. The van der Waals surface area contributed by atoms with E-state index in [1.807, 2.05) is 44.2 Å². The second-order valence-electron chi connectivity index (χ2n) is 7.22. The molecule has 4 rings (SSSR count). The first-order chi connectivity index (χ1) is 14.9. The van der Waals surface area contributed by atoms with Crippen LogP contribution in [0.15, 0.2) is 48.5 Å². The van der Waals surface area contributed by atoms with E-state index < -0.39 is 11.7 Å². The van der Waals surface area contributed by atoms with E-state index in [9.17, 15) is 9.18 Å². The number of carbonyl (C=O) groups is 1. The van der Waals surface area contributed by atoms with Gasteiger partial charge in [0.1, 0.15) is 11.6 Å². The molecule has 0 bridgehead atoms. The number of aryl methyl sites for hydroxylation is 1. The zero-order valence-corrected chi connectivity index (χ0v) is 17.4. The van der Waals surface area contributed by atoms with Gasteiger partial charge in [0.2, 0.25) is 17.7 Å². The molecule has 2 heterocycles. The zero-order valence-electron chi connectivity index (χ0n) is 17.4. The molecule has 0 saturated heterocycles. The van der Waals surface area contributed by atoms with Crippen LogP contribution < -0.4 is 15.8 Å². The van der Waals surface area contributed by atoms with Crippen molar-refractivity contribution in [2.75, 3.05) is 12.4 Å². The summed E-state index contributed by atoms with van der Waals surface area (Å²) in [6, 6.07) is 14.2. The summed E-state index contributed by atoms with van der Waals surface area (Å²) < 4.78 is 21.4. The molecule has 0 saturated carbocycles. The zero-order chi connectivity index (χ0) is 22.1. The van der Waals surface area contributed by atoms with Crippen molar-refractivity contribution in [3.63, 3.8) is 0 Å². The molecule has 0 fully saturated rings. The first-order valence-electron chi connectivity index (χ1n) is 9.71. The lowest BCUT2D eigenvalue weighted by molar-refractivity contribution is 0.100. The fourth-order valence-corrected chi connectivity index (χ4v) is 3.61. The van der Waals surface area contributed by atoms with Gasteiger partial charge in [-0.05, 0) is 37.6 Å². The van der Waals surface area contributed by atoms with Crippen LogP contribution >= 0.6 is 0 Å². The van der Waals surface area contributed by atoms with E-state index in [0.29, 0.717) is 35.1 Å². The molecule has 2 aromatic heterocycles. The van der Waals surface area contributed by atoms with Crippen molar-refractivity contribution in [1.82, 2.24) is 14.5 Å². The maximum atomic E-state index is 14.3. The highest BCUT2D eigenvalue weighted by atomic mass is 19.1. The Hall–Kier alpha value is -3.94. The van der Waals surface area contributed by atoms with Gasteiger partial charge in [0.05, 0.1) is 23.8 Å². The molecule has 0 aliphatic carbocycles. The standard InChI is InChI=1S/C23H22FN5O2/c1-13-9-17-18(20(25)30)10-16(24)11-19(17)29(13)23-27-21(14(2)22(28-23)31-3)26-12-15-7-5-4-6-8-15/h4-11H,12H2,1-3H3,(H2,25,30)(H,26,27,28). The summed E-state index contributed by atoms with van der Waals surface area (Å²) in [7, 11) is 1.53. The van der Waals surface area contributed by atoms with Crippen molar-refractivity contribution in [3.8, 4) is 11.8 Å². The lowest BCUT2D eigenvalue weighted by Crippen LogP contribution is -2.12. The molecule has 0 unspecified atom stereocenters. The highest BCUT2D eigenvalue weighted by Gasteiger charge is 2.19. The number of ether oxygens (including phenoxy) is 1. The Morgan fingerprint density at radius 1 is 1.16 bits per heavy atom. The van der Waals surface area contributed by atoms with Gasteiger partial charge in [-0.25, -0.2) is 4.39 Å². The van der Waals surface area contributed by atoms with Crippen LogP contribution in [0.4, 0.5) is 10.2 Å². The third-order valence-electron chi connectivity index (χ3n) is 5.12. The Labute approximate surface area is 178 Å². The molecule has 3 N–H and O–H groups in total. The molecular weight excluding hydrogens is 397 g/mol. The van der Waals surface area contributed by atoms with Gasteiger partial charge in [-0.1, -0.05) is 30.3 Å². The van der Waals surface area contributed by atoms with Gasteiger partial charge >= 0.3 is 0 Å². The normalized spacial score (nSPS) is 11.0. The number of halogens is 1. The monoisotopic (exact) mass is 419 g/mol. The third kappa shape index (κ3) is 3.79. The fourth-order valence-electron chi connectivity index (χ4n) is 3.61. The summed E-state index contributed by atoms with van der Waals surface area (Å²) in [5.74, 6) is 0.0229. The number of aromatic nitrogens is 3. The SMILES string of the molecule is COc1nc(-n2c(C)cc3c(C(N)=O)cc(F)cc32)nc(NCc2ccccc2)c1C. The van der Waals surface area contributed by atoms with Gasteiger partial charge in [-0.3, -0.25) is 9.36 Å². The van der Waals surface area contributed by atoms with Crippen LogP contribution in [0.3, 0.4) is 0 Å². The van der Waals surface area contributed by atoms with E-state index >= 15 is 0 Å². The summed E-state index contributed by atoms with van der Waals surface area (Å²) >= 11 is 0. The molecular formula is C23H22FN5O2. The highest BCUT2D eigenvalue weighted by Crippen LogP contribution is 2.30. The van der Waals surface area contributed by atoms with E-state index in [2.05, 4.69) is 15.3 Å². The highest BCUT2D eigenvalue weighted by molar-refractivity contribution is 6.06. The van der Waals surface area contributed by atoms with Gasteiger partial charge in [-0.2, -0.15) is 9.97 Å². The number of anilines is 1. The summed E-state index contributed by atoms with van der Waals surface area (Å²) in [5, 5.41) is 3.86. The maximum absolute atomic E-state index is 14.3. The van der Waals surface area contributed by atoms with Crippen molar-refractivity contribution in [2.24, 2.45) is 5.73 Å². The summed E-state index contributed by atoms with van der Waals surface area (Å²) in [5.41, 5.74) is 8.58. The fraction of sp³-hybridized carbons (Fsp3) is 0.174. The van der Waals surface area contributed by atoms with Crippen molar-refractivity contribution in [3.05, 3.63) is 76.7 Å². The maximum Gasteiger partial charge on any atom is 0.249 e. The minimum Gasteiger partial charge on any atom is -0.481 e. The first-order valence-corrected chi connectivity index (χ1v) is 9.71. The molecule has 31 heavy (non-hydrogen) atoms. The minimum absolute atomic E-state index is 0.110. The molecule has 4 aromatic rings. The molecule has 1 amide bonds.